The van der Waals surface area contributed by atoms with E-state index < -0.39 is 21.7 Å². The number of rotatable bonds is 3. The van der Waals surface area contributed by atoms with Crippen LogP contribution in [0.2, 0.25) is 0 Å². The number of sulfonamides is 1. The van der Waals surface area contributed by atoms with Crippen LogP contribution in [0.5, 0.6) is 0 Å². The van der Waals surface area contributed by atoms with Crippen LogP contribution in [0.1, 0.15) is 33.3 Å². The largest absolute Gasteiger partial charge is 0.444 e. The fourth-order valence-corrected chi connectivity index (χ4v) is 4.19. The maximum atomic E-state index is 12.8. The standard InChI is InChI=1S/C17H27N3O4S/c1-13-12-19(9-10-20(13)16(21)24-17(2,3)4)25(22,23)15-7-5-14(11-18)6-8-15/h5-8,13H,9-12,18H2,1-4H3/t13-/m0/s1. The lowest BCUT2D eigenvalue weighted by molar-refractivity contribution is 0.00859. The molecule has 0 spiro atoms. The fourth-order valence-electron chi connectivity index (χ4n) is 2.68. The summed E-state index contributed by atoms with van der Waals surface area (Å²) in [5.41, 5.74) is 5.85. The highest BCUT2D eigenvalue weighted by Gasteiger charge is 2.35. The summed E-state index contributed by atoms with van der Waals surface area (Å²) in [7, 11) is -3.59. The number of amides is 1. The van der Waals surface area contributed by atoms with E-state index in [9.17, 15) is 13.2 Å². The van der Waals surface area contributed by atoms with Crippen LogP contribution in [0.4, 0.5) is 4.79 Å². The van der Waals surface area contributed by atoms with Crippen LogP contribution >= 0.6 is 0 Å². The first-order valence-electron chi connectivity index (χ1n) is 8.33. The van der Waals surface area contributed by atoms with Crippen LogP contribution in [0, 0.1) is 0 Å². The van der Waals surface area contributed by atoms with Gasteiger partial charge in [0.25, 0.3) is 0 Å². The summed E-state index contributed by atoms with van der Waals surface area (Å²) < 4.78 is 32.4. The highest BCUT2D eigenvalue weighted by atomic mass is 32.2. The lowest BCUT2D eigenvalue weighted by Crippen LogP contribution is -2.56. The van der Waals surface area contributed by atoms with Crippen LogP contribution < -0.4 is 5.73 Å². The fraction of sp³-hybridized carbons (Fsp3) is 0.588. The molecule has 0 aromatic heterocycles. The number of carbonyl (C=O) groups is 1. The molecule has 1 aliphatic rings. The lowest BCUT2D eigenvalue weighted by atomic mass is 10.2. The van der Waals surface area contributed by atoms with Crippen LogP contribution in [-0.2, 0) is 21.3 Å². The second-order valence-electron chi connectivity index (χ2n) is 7.23. The Labute approximate surface area is 149 Å². The van der Waals surface area contributed by atoms with Gasteiger partial charge in [0, 0.05) is 32.2 Å². The van der Waals surface area contributed by atoms with E-state index in [1.165, 1.54) is 4.31 Å². The second kappa shape index (κ2) is 7.31. The van der Waals surface area contributed by atoms with E-state index in [0.29, 0.717) is 13.1 Å². The van der Waals surface area contributed by atoms with Crippen molar-refractivity contribution in [2.45, 2.75) is 50.8 Å². The van der Waals surface area contributed by atoms with Crippen molar-refractivity contribution in [2.24, 2.45) is 5.73 Å². The zero-order valence-electron chi connectivity index (χ0n) is 15.2. The molecule has 0 aliphatic carbocycles. The Bertz CT molecular complexity index is 710. The Morgan fingerprint density at radius 1 is 1.24 bits per heavy atom. The zero-order chi connectivity index (χ0) is 18.8. The van der Waals surface area contributed by atoms with Gasteiger partial charge >= 0.3 is 6.09 Å². The van der Waals surface area contributed by atoms with E-state index in [1.807, 2.05) is 6.92 Å². The van der Waals surface area contributed by atoms with Crippen LogP contribution in [0.25, 0.3) is 0 Å². The maximum Gasteiger partial charge on any atom is 0.410 e. The molecule has 1 heterocycles. The average molecular weight is 369 g/mol. The molecule has 1 aliphatic heterocycles. The van der Waals surface area contributed by atoms with Crippen molar-refractivity contribution in [3.63, 3.8) is 0 Å². The van der Waals surface area contributed by atoms with E-state index in [4.69, 9.17) is 10.5 Å². The van der Waals surface area contributed by atoms with Gasteiger partial charge in [0.15, 0.2) is 0 Å². The Hall–Kier alpha value is -1.64. The van der Waals surface area contributed by atoms with E-state index in [-0.39, 0.29) is 24.0 Å². The third-order valence-electron chi connectivity index (χ3n) is 4.02. The van der Waals surface area contributed by atoms with Crippen molar-refractivity contribution in [1.82, 2.24) is 9.21 Å². The average Bonchev–Trinajstić information content (AvgIpc) is 2.53. The first-order valence-corrected chi connectivity index (χ1v) is 9.77. The third-order valence-corrected chi connectivity index (χ3v) is 5.89. The maximum absolute atomic E-state index is 12.8. The van der Waals surface area contributed by atoms with Crippen molar-refractivity contribution in [2.75, 3.05) is 19.6 Å². The molecule has 2 rings (SSSR count). The van der Waals surface area contributed by atoms with Gasteiger partial charge in [-0.3, -0.25) is 0 Å². The first-order chi connectivity index (χ1) is 11.5. The molecule has 1 saturated heterocycles. The lowest BCUT2D eigenvalue weighted by Gasteiger charge is -2.39. The monoisotopic (exact) mass is 369 g/mol. The number of carbonyl (C=O) groups excluding carboxylic acids is 1. The van der Waals surface area contributed by atoms with Gasteiger partial charge in [-0.2, -0.15) is 4.31 Å². The van der Waals surface area contributed by atoms with Gasteiger partial charge in [-0.15, -0.1) is 0 Å². The smallest absolute Gasteiger partial charge is 0.410 e. The number of ether oxygens (including phenoxy) is 1. The van der Waals surface area contributed by atoms with Crippen molar-refractivity contribution in [1.29, 1.82) is 0 Å². The molecule has 0 radical (unpaired) electrons. The molecule has 2 N–H and O–H groups in total. The molecule has 1 amide bonds. The van der Waals surface area contributed by atoms with Gasteiger partial charge in [-0.1, -0.05) is 12.1 Å². The first kappa shape index (κ1) is 19.7. The minimum Gasteiger partial charge on any atom is -0.444 e. The minimum atomic E-state index is -3.59. The summed E-state index contributed by atoms with van der Waals surface area (Å²) in [6.07, 6.45) is -0.413. The molecular weight excluding hydrogens is 342 g/mol. The molecule has 8 heteroatoms. The van der Waals surface area contributed by atoms with Crippen molar-refractivity contribution in [3.8, 4) is 0 Å². The molecule has 25 heavy (non-hydrogen) atoms. The van der Waals surface area contributed by atoms with Gasteiger partial charge in [-0.25, -0.2) is 13.2 Å². The summed E-state index contributed by atoms with van der Waals surface area (Å²) in [5.74, 6) is 0. The minimum absolute atomic E-state index is 0.236. The summed E-state index contributed by atoms with van der Waals surface area (Å²) in [4.78, 5) is 14.1. The highest BCUT2D eigenvalue weighted by molar-refractivity contribution is 7.89. The summed E-state index contributed by atoms with van der Waals surface area (Å²) in [6, 6.07) is 6.31. The van der Waals surface area contributed by atoms with Gasteiger partial charge < -0.3 is 15.4 Å². The number of piperazine rings is 1. The molecule has 1 fully saturated rings. The zero-order valence-corrected chi connectivity index (χ0v) is 16.0. The molecular formula is C17H27N3O4S. The van der Waals surface area contributed by atoms with E-state index in [1.54, 1.807) is 49.9 Å². The van der Waals surface area contributed by atoms with Crippen LogP contribution in [-0.4, -0.2) is 55.0 Å². The molecule has 7 nitrogen and oxygen atoms in total. The summed E-state index contributed by atoms with van der Waals surface area (Å²) >= 11 is 0. The quantitative estimate of drug-likeness (QED) is 0.876. The van der Waals surface area contributed by atoms with E-state index in [2.05, 4.69) is 0 Å². The van der Waals surface area contributed by atoms with Gasteiger partial charge in [0.1, 0.15) is 5.60 Å². The topological polar surface area (TPSA) is 92.9 Å². The molecule has 1 aromatic carbocycles. The number of nitrogens with zero attached hydrogens (tertiary/aromatic N) is 2. The van der Waals surface area contributed by atoms with Crippen LogP contribution in [0.15, 0.2) is 29.2 Å². The normalized spacial score (nSPS) is 19.7. The second-order valence-corrected chi connectivity index (χ2v) is 9.17. The Kier molecular flexibility index (Phi) is 5.75. The SMILES string of the molecule is C[C@H]1CN(S(=O)(=O)c2ccc(CN)cc2)CCN1C(=O)OC(C)(C)C. The van der Waals surface area contributed by atoms with Crippen molar-refractivity contribution >= 4 is 16.1 Å². The Balaban J connectivity index is 2.09. The van der Waals surface area contributed by atoms with E-state index >= 15 is 0 Å². The highest BCUT2D eigenvalue weighted by Crippen LogP contribution is 2.22. The molecule has 0 bridgehead atoms. The number of hydrogen-bond acceptors (Lipinski definition) is 5. The molecule has 0 unspecified atom stereocenters. The molecule has 1 aromatic rings. The molecule has 1 atom stereocenters. The summed E-state index contributed by atoms with van der Waals surface area (Å²) in [6.45, 7) is 8.39. The van der Waals surface area contributed by atoms with Gasteiger partial charge in [0.2, 0.25) is 10.0 Å². The predicted molar refractivity (Wildman–Crippen MR) is 95.5 cm³/mol. The summed E-state index contributed by atoms with van der Waals surface area (Å²) in [5, 5.41) is 0. The van der Waals surface area contributed by atoms with Crippen molar-refractivity contribution < 1.29 is 17.9 Å². The van der Waals surface area contributed by atoms with E-state index in [0.717, 1.165) is 5.56 Å². The predicted octanol–water partition coefficient (Wildman–Crippen LogP) is 1.78. The number of nitrogens with two attached hydrogens (primary N) is 1. The van der Waals surface area contributed by atoms with Gasteiger partial charge in [0.05, 0.1) is 4.90 Å². The third kappa shape index (κ3) is 4.71. The Morgan fingerprint density at radius 3 is 2.32 bits per heavy atom. The molecule has 140 valence electrons. The Morgan fingerprint density at radius 2 is 1.84 bits per heavy atom. The number of hydrogen-bond donors (Lipinski definition) is 1. The van der Waals surface area contributed by atoms with Crippen LogP contribution in [0.3, 0.4) is 0 Å². The number of benzene rings is 1. The van der Waals surface area contributed by atoms with Crippen molar-refractivity contribution in [3.05, 3.63) is 29.8 Å². The molecule has 0 saturated carbocycles. The van der Waals surface area contributed by atoms with Gasteiger partial charge in [-0.05, 0) is 45.4 Å².